The van der Waals surface area contributed by atoms with Gasteiger partial charge in [0.15, 0.2) is 0 Å². The predicted octanol–water partition coefficient (Wildman–Crippen LogP) is 2.94. The Kier molecular flexibility index (Phi) is 7.07. The summed E-state index contributed by atoms with van der Waals surface area (Å²) >= 11 is 5.62. The molecule has 0 radical (unpaired) electrons. The predicted molar refractivity (Wildman–Crippen MR) is 108 cm³/mol. The summed E-state index contributed by atoms with van der Waals surface area (Å²) in [4.78, 5) is 26.9. The first-order valence-corrected chi connectivity index (χ1v) is 9.79. The van der Waals surface area contributed by atoms with E-state index in [-0.39, 0.29) is 34.4 Å². The van der Waals surface area contributed by atoms with Crippen molar-refractivity contribution in [1.82, 2.24) is 10.2 Å². The lowest BCUT2D eigenvalue weighted by Crippen LogP contribution is -2.64. The second kappa shape index (κ2) is 8.76. The molecular formula is C20H29ClFN3O3. The van der Waals surface area contributed by atoms with E-state index < -0.39 is 17.6 Å². The topological polar surface area (TPSA) is 81.7 Å². The Morgan fingerprint density at radius 3 is 2.36 bits per heavy atom. The highest BCUT2D eigenvalue weighted by atomic mass is 35.5. The van der Waals surface area contributed by atoms with Crippen molar-refractivity contribution < 1.29 is 19.1 Å². The number of likely N-dealkylation sites (tertiary alicyclic amines) is 1. The van der Waals surface area contributed by atoms with Crippen LogP contribution < -0.4 is 10.6 Å². The Hall–Kier alpha value is -1.70. The average molecular weight is 414 g/mol. The molecule has 28 heavy (non-hydrogen) atoms. The third-order valence-electron chi connectivity index (χ3n) is 5.21. The zero-order valence-corrected chi connectivity index (χ0v) is 17.6. The first-order valence-electron chi connectivity index (χ1n) is 9.42. The Bertz CT molecular complexity index is 721. The molecule has 1 aliphatic heterocycles. The van der Waals surface area contributed by atoms with E-state index in [1.165, 1.54) is 12.1 Å². The van der Waals surface area contributed by atoms with Gasteiger partial charge in [-0.2, -0.15) is 0 Å². The lowest BCUT2D eigenvalue weighted by molar-refractivity contribution is -0.137. The molecule has 6 nitrogen and oxygen atoms in total. The highest BCUT2D eigenvalue weighted by Gasteiger charge is 2.45. The maximum atomic E-state index is 13.5. The number of anilines is 1. The number of nitrogens with zero attached hydrogens (tertiary/aromatic N) is 1. The van der Waals surface area contributed by atoms with Crippen molar-refractivity contribution in [3.8, 4) is 0 Å². The second-order valence-electron chi connectivity index (χ2n) is 8.52. The Balaban J connectivity index is 2.01. The van der Waals surface area contributed by atoms with Crippen LogP contribution in [-0.2, 0) is 9.59 Å². The van der Waals surface area contributed by atoms with Gasteiger partial charge in [-0.3, -0.25) is 14.5 Å². The fourth-order valence-electron chi connectivity index (χ4n) is 4.27. The summed E-state index contributed by atoms with van der Waals surface area (Å²) < 4.78 is 13.5. The molecule has 8 heteroatoms. The number of amides is 2. The number of benzene rings is 1. The first-order chi connectivity index (χ1) is 13.0. The molecule has 3 N–H and O–H groups in total. The van der Waals surface area contributed by atoms with Crippen molar-refractivity contribution in [2.24, 2.45) is 0 Å². The van der Waals surface area contributed by atoms with E-state index in [0.29, 0.717) is 19.3 Å². The minimum atomic E-state index is -0.847. The minimum Gasteiger partial charge on any atom is -0.396 e. The second-order valence-corrected chi connectivity index (χ2v) is 8.92. The van der Waals surface area contributed by atoms with Gasteiger partial charge in [0.1, 0.15) is 5.82 Å². The van der Waals surface area contributed by atoms with Crippen LogP contribution >= 0.6 is 11.6 Å². The SMILES string of the molecule is CC1(C)CC(NC(=O)C(=O)Nc2ccc(Cl)c(F)c2)CC(C)(C)N1CCCO. The molecule has 1 heterocycles. The highest BCUT2D eigenvalue weighted by Crippen LogP contribution is 2.38. The molecule has 156 valence electrons. The van der Waals surface area contributed by atoms with Crippen LogP contribution in [0.15, 0.2) is 18.2 Å². The number of piperidine rings is 1. The van der Waals surface area contributed by atoms with Crippen molar-refractivity contribution >= 4 is 29.1 Å². The third kappa shape index (κ3) is 5.43. The molecule has 0 aromatic heterocycles. The van der Waals surface area contributed by atoms with E-state index in [1.807, 2.05) is 0 Å². The maximum absolute atomic E-state index is 13.5. The molecule has 1 aromatic rings. The number of halogens is 2. The molecular weight excluding hydrogens is 385 g/mol. The molecule has 2 rings (SSSR count). The van der Waals surface area contributed by atoms with Crippen LogP contribution in [0.3, 0.4) is 0 Å². The average Bonchev–Trinajstić information content (AvgIpc) is 2.56. The minimum absolute atomic E-state index is 0.0557. The molecule has 0 spiro atoms. The largest absolute Gasteiger partial charge is 0.396 e. The van der Waals surface area contributed by atoms with Crippen LogP contribution in [0.25, 0.3) is 0 Å². The van der Waals surface area contributed by atoms with Crippen LogP contribution in [-0.4, -0.2) is 52.1 Å². The van der Waals surface area contributed by atoms with Crippen molar-refractivity contribution in [2.45, 2.75) is 64.1 Å². The van der Waals surface area contributed by atoms with Crippen molar-refractivity contribution in [2.75, 3.05) is 18.5 Å². The molecule has 0 atom stereocenters. The summed E-state index contributed by atoms with van der Waals surface area (Å²) in [7, 11) is 0. The highest BCUT2D eigenvalue weighted by molar-refractivity contribution is 6.39. The molecule has 0 saturated carbocycles. The molecule has 0 aliphatic carbocycles. The third-order valence-corrected chi connectivity index (χ3v) is 5.52. The number of aliphatic hydroxyl groups excluding tert-OH is 1. The normalized spacial score (nSPS) is 19.2. The van der Waals surface area contributed by atoms with Crippen LogP contribution in [0.2, 0.25) is 5.02 Å². The number of carbonyl (C=O) groups excluding carboxylic acids is 2. The number of aliphatic hydroxyl groups is 1. The van der Waals surface area contributed by atoms with Crippen molar-refractivity contribution in [3.63, 3.8) is 0 Å². The zero-order chi connectivity index (χ0) is 21.1. The van der Waals surface area contributed by atoms with E-state index >= 15 is 0 Å². The standard InChI is InChI=1S/C20H29ClFN3O3/c1-19(2)11-14(12-20(3,4)25(19)8-5-9-26)24-18(28)17(27)23-13-6-7-15(21)16(22)10-13/h6-7,10,14,26H,5,8-9,11-12H2,1-4H3,(H,23,27)(H,24,28). The van der Waals surface area contributed by atoms with Crippen LogP contribution in [0, 0.1) is 5.82 Å². The number of hydrogen-bond acceptors (Lipinski definition) is 4. The van der Waals surface area contributed by atoms with Gasteiger partial charge in [0.05, 0.1) is 5.02 Å². The molecule has 1 aromatic carbocycles. The van der Waals surface area contributed by atoms with Gasteiger partial charge in [-0.05, 0) is 65.2 Å². The fraction of sp³-hybridized carbons (Fsp3) is 0.600. The summed E-state index contributed by atoms with van der Waals surface area (Å²) in [5, 5.41) is 14.3. The molecule has 1 aliphatic rings. The number of hydrogen-bond donors (Lipinski definition) is 3. The van der Waals surface area contributed by atoms with Crippen LogP contribution in [0.5, 0.6) is 0 Å². The summed E-state index contributed by atoms with van der Waals surface area (Å²) in [5.41, 5.74) is -0.239. The van der Waals surface area contributed by atoms with Crippen molar-refractivity contribution in [3.05, 3.63) is 29.0 Å². The van der Waals surface area contributed by atoms with Gasteiger partial charge >= 0.3 is 11.8 Å². The van der Waals surface area contributed by atoms with Gasteiger partial charge in [0.25, 0.3) is 0 Å². The lowest BCUT2D eigenvalue weighted by Gasteiger charge is -2.55. The van der Waals surface area contributed by atoms with E-state index in [0.717, 1.165) is 12.6 Å². The quantitative estimate of drug-likeness (QED) is 0.648. The molecule has 1 fully saturated rings. The van der Waals surface area contributed by atoms with E-state index in [2.05, 4.69) is 43.2 Å². The van der Waals surface area contributed by atoms with Gasteiger partial charge < -0.3 is 15.7 Å². The molecule has 0 bridgehead atoms. The van der Waals surface area contributed by atoms with E-state index in [9.17, 15) is 14.0 Å². The summed E-state index contributed by atoms with van der Waals surface area (Å²) in [5.74, 6) is -2.27. The van der Waals surface area contributed by atoms with Gasteiger partial charge in [-0.15, -0.1) is 0 Å². The Morgan fingerprint density at radius 1 is 1.21 bits per heavy atom. The Morgan fingerprint density at radius 2 is 1.82 bits per heavy atom. The Labute approximate surface area is 170 Å². The van der Waals surface area contributed by atoms with Gasteiger partial charge in [0, 0.05) is 36.0 Å². The summed E-state index contributed by atoms with van der Waals surface area (Å²) in [6.07, 6.45) is 2.04. The van der Waals surface area contributed by atoms with Crippen LogP contribution in [0.4, 0.5) is 10.1 Å². The van der Waals surface area contributed by atoms with E-state index in [1.54, 1.807) is 0 Å². The number of carbonyl (C=O) groups is 2. The fourth-order valence-corrected chi connectivity index (χ4v) is 4.38. The number of rotatable bonds is 5. The van der Waals surface area contributed by atoms with E-state index in [4.69, 9.17) is 16.7 Å². The maximum Gasteiger partial charge on any atom is 0.313 e. The molecule has 1 saturated heterocycles. The first kappa shape index (κ1) is 22.6. The summed E-state index contributed by atoms with van der Waals surface area (Å²) in [6, 6.07) is 3.65. The molecule has 2 amide bonds. The van der Waals surface area contributed by atoms with Crippen LogP contribution in [0.1, 0.15) is 47.0 Å². The van der Waals surface area contributed by atoms with Gasteiger partial charge in [0.2, 0.25) is 0 Å². The smallest absolute Gasteiger partial charge is 0.313 e. The van der Waals surface area contributed by atoms with Gasteiger partial charge in [-0.1, -0.05) is 11.6 Å². The molecule has 0 unspecified atom stereocenters. The monoisotopic (exact) mass is 413 g/mol. The van der Waals surface area contributed by atoms with Gasteiger partial charge in [-0.25, -0.2) is 4.39 Å². The number of nitrogens with one attached hydrogen (secondary N) is 2. The lowest BCUT2D eigenvalue weighted by atomic mass is 9.76. The van der Waals surface area contributed by atoms with Crippen molar-refractivity contribution in [1.29, 1.82) is 0 Å². The summed E-state index contributed by atoms with van der Waals surface area (Å²) in [6.45, 7) is 9.29. The zero-order valence-electron chi connectivity index (χ0n) is 16.8.